The zero-order valence-corrected chi connectivity index (χ0v) is 11.7. The Balaban J connectivity index is 2.12. The number of hydrogen-bond acceptors (Lipinski definition) is 2. The van der Waals surface area contributed by atoms with E-state index in [0.717, 1.165) is 28.2 Å². The highest BCUT2D eigenvalue weighted by atomic mass is 16.4. The summed E-state index contributed by atoms with van der Waals surface area (Å²) in [7, 11) is 0. The molecule has 1 unspecified atom stereocenters. The van der Waals surface area contributed by atoms with Gasteiger partial charge >= 0.3 is 5.97 Å². The molecule has 0 amide bonds. The Labute approximate surface area is 123 Å². The highest BCUT2D eigenvalue weighted by Gasteiger charge is 2.19. The van der Waals surface area contributed by atoms with E-state index in [2.05, 4.69) is 6.07 Å². The number of carboxylic acids is 1. The first kappa shape index (κ1) is 13.4. The van der Waals surface area contributed by atoms with Gasteiger partial charge in [0.15, 0.2) is 0 Å². The van der Waals surface area contributed by atoms with E-state index in [1.54, 1.807) is 6.92 Å². The maximum Gasteiger partial charge on any atom is 0.306 e. The second-order valence-electron chi connectivity index (χ2n) is 5.24. The summed E-state index contributed by atoms with van der Waals surface area (Å²) >= 11 is 0. The van der Waals surface area contributed by atoms with Crippen LogP contribution in [0.2, 0.25) is 0 Å². The largest absolute Gasteiger partial charge is 0.481 e. The lowest BCUT2D eigenvalue weighted by Crippen LogP contribution is -2.13. The zero-order chi connectivity index (χ0) is 14.8. The summed E-state index contributed by atoms with van der Waals surface area (Å²) in [4.78, 5) is 11.1. The SMILES string of the molecule is CC(Cc1oc2cccc-2cc1-c1ccccc1)C(=O)O. The van der Waals surface area contributed by atoms with Crippen molar-refractivity contribution in [2.45, 2.75) is 13.3 Å². The van der Waals surface area contributed by atoms with Gasteiger partial charge in [-0.05, 0) is 17.7 Å². The smallest absolute Gasteiger partial charge is 0.306 e. The molecule has 3 nitrogen and oxygen atoms in total. The molecule has 0 bridgehead atoms. The van der Waals surface area contributed by atoms with E-state index in [-0.39, 0.29) is 0 Å². The fourth-order valence-corrected chi connectivity index (χ4v) is 2.43. The van der Waals surface area contributed by atoms with E-state index in [0.29, 0.717) is 6.42 Å². The maximum atomic E-state index is 11.1. The lowest BCUT2D eigenvalue weighted by Gasteiger charge is -2.14. The van der Waals surface area contributed by atoms with Crippen molar-refractivity contribution in [1.82, 2.24) is 0 Å². The van der Waals surface area contributed by atoms with Crippen molar-refractivity contribution in [2.24, 2.45) is 5.92 Å². The summed E-state index contributed by atoms with van der Waals surface area (Å²) < 4.78 is 5.94. The molecule has 3 rings (SSSR count). The quantitative estimate of drug-likeness (QED) is 0.774. The molecule has 1 atom stereocenters. The number of carboxylic acid groups (broad SMARTS) is 1. The van der Waals surface area contributed by atoms with Crippen molar-refractivity contribution < 1.29 is 14.3 Å². The zero-order valence-electron chi connectivity index (χ0n) is 11.7. The van der Waals surface area contributed by atoms with Crippen LogP contribution in [0.4, 0.5) is 0 Å². The summed E-state index contributed by atoms with van der Waals surface area (Å²) in [6, 6.07) is 17.8. The minimum absolute atomic E-state index is 0.376. The first-order chi connectivity index (χ1) is 10.1. The molecule has 3 heteroatoms. The van der Waals surface area contributed by atoms with Gasteiger partial charge in [-0.25, -0.2) is 0 Å². The minimum atomic E-state index is -0.813. The van der Waals surface area contributed by atoms with Crippen LogP contribution in [-0.4, -0.2) is 11.1 Å². The number of benzene rings is 1. The van der Waals surface area contributed by atoms with Crippen LogP contribution in [0.25, 0.3) is 22.5 Å². The Morgan fingerprint density at radius 1 is 1.10 bits per heavy atom. The summed E-state index contributed by atoms with van der Waals surface area (Å²) in [6.07, 6.45) is 0.376. The van der Waals surface area contributed by atoms with E-state index in [1.165, 1.54) is 0 Å². The molecule has 0 radical (unpaired) electrons. The highest BCUT2D eigenvalue weighted by molar-refractivity contribution is 5.75. The highest BCUT2D eigenvalue weighted by Crippen LogP contribution is 2.34. The van der Waals surface area contributed by atoms with E-state index in [4.69, 9.17) is 9.52 Å². The van der Waals surface area contributed by atoms with Gasteiger partial charge in [0.05, 0.1) is 5.92 Å². The first-order valence-electron chi connectivity index (χ1n) is 6.95. The number of carbonyl (C=O) groups is 1. The van der Waals surface area contributed by atoms with Crippen molar-refractivity contribution >= 4 is 5.97 Å². The number of fused-ring (bicyclic) bond motifs is 1. The van der Waals surface area contributed by atoms with E-state index in [9.17, 15) is 4.79 Å². The third kappa shape index (κ3) is 2.68. The Morgan fingerprint density at radius 2 is 1.81 bits per heavy atom. The second kappa shape index (κ2) is 5.44. The number of hydrogen-bond donors (Lipinski definition) is 1. The fraction of sp³-hybridized carbons (Fsp3) is 0.167. The summed E-state index contributed by atoms with van der Waals surface area (Å²) in [5.41, 5.74) is 3.03. The molecule has 1 aliphatic carbocycles. The monoisotopic (exact) mass is 280 g/mol. The predicted octanol–water partition coefficient (Wildman–Crippen LogP) is 4.31. The topological polar surface area (TPSA) is 50.4 Å². The molecular weight excluding hydrogens is 264 g/mol. The van der Waals surface area contributed by atoms with Crippen molar-refractivity contribution in [3.63, 3.8) is 0 Å². The van der Waals surface area contributed by atoms with Crippen LogP contribution < -0.4 is 0 Å². The standard InChI is InChI=1S/C18H16O3/c1-12(18(19)20)10-17-15(13-6-3-2-4-7-13)11-14-8-5-9-16(14)21-17/h2-9,11-12H,10H2,1H3,(H,19,20). The summed E-state index contributed by atoms with van der Waals surface area (Å²) in [5, 5.41) is 9.14. The molecule has 0 aromatic heterocycles. The van der Waals surface area contributed by atoms with Crippen LogP contribution >= 0.6 is 0 Å². The average Bonchev–Trinajstić information content (AvgIpc) is 2.94. The molecular formula is C18H16O3. The van der Waals surface area contributed by atoms with Crippen LogP contribution in [-0.2, 0) is 11.2 Å². The van der Waals surface area contributed by atoms with Gasteiger partial charge in [-0.2, -0.15) is 0 Å². The van der Waals surface area contributed by atoms with E-state index < -0.39 is 11.9 Å². The molecule has 1 aliphatic heterocycles. The molecule has 0 saturated heterocycles. The molecule has 1 aromatic carbocycles. The minimum Gasteiger partial charge on any atom is -0.481 e. The van der Waals surface area contributed by atoms with Gasteiger partial charge < -0.3 is 9.52 Å². The van der Waals surface area contributed by atoms with Gasteiger partial charge in [-0.1, -0.05) is 49.4 Å². The summed E-state index contributed by atoms with van der Waals surface area (Å²) in [6.45, 7) is 1.70. The molecule has 1 aromatic rings. The Morgan fingerprint density at radius 3 is 2.52 bits per heavy atom. The van der Waals surface area contributed by atoms with Gasteiger partial charge in [0.2, 0.25) is 0 Å². The van der Waals surface area contributed by atoms with Crippen LogP contribution in [0.15, 0.2) is 59.0 Å². The second-order valence-corrected chi connectivity index (χ2v) is 5.24. The van der Waals surface area contributed by atoms with Crippen molar-refractivity contribution in [1.29, 1.82) is 0 Å². The van der Waals surface area contributed by atoms with Crippen LogP contribution in [0.5, 0.6) is 0 Å². The van der Waals surface area contributed by atoms with Crippen molar-refractivity contribution in [3.8, 4) is 22.5 Å². The van der Waals surface area contributed by atoms with Crippen LogP contribution in [0.1, 0.15) is 12.7 Å². The fourth-order valence-electron chi connectivity index (χ4n) is 2.43. The van der Waals surface area contributed by atoms with Crippen molar-refractivity contribution in [3.05, 3.63) is 60.4 Å². The molecule has 1 N–H and O–H groups in total. The molecule has 0 spiro atoms. The maximum absolute atomic E-state index is 11.1. The van der Waals surface area contributed by atoms with Crippen molar-refractivity contribution in [2.75, 3.05) is 0 Å². The summed E-state index contributed by atoms with van der Waals surface area (Å²) in [5.74, 6) is 0.215. The third-order valence-corrected chi connectivity index (χ3v) is 3.64. The van der Waals surface area contributed by atoms with Crippen LogP contribution in [0.3, 0.4) is 0 Å². The third-order valence-electron chi connectivity index (χ3n) is 3.64. The van der Waals surface area contributed by atoms with Gasteiger partial charge in [-0.15, -0.1) is 0 Å². The lowest BCUT2D eigenvalue weighted by atomic mass is 9.97. The average molecular weight is 280 g/mol. The van der Waals surface area contributed by atoms with Gasteiger partial charge in [0.1, 0.15) is 11.5 Å². The predicted molar refractivity (Wildman–Crippen MR) is 81.3 cm³/mol. The van der Waals surface area contributed by atoms with E-state index >= 15 is 0 Å². The molecule has 2 aliphatic rings. The van der Waals surface area contributed by atoms with E-state index in [1.807, 2.05) is 48.5 Å². The normalized spacial score (nSPS) is 12.4. The van der Waals surface area contributed by atoms with Gasteiger partial charge in [0.25, 0.3) is 0 Å². The number of rotatable bonds is 4. The molecule has 21 heavy (non-hydrogen) atoms. The molecule has 0 saturated carbocycles. The Bertz CT molecular complexity index is 727. The Hall–Kier alpha value is -2.55. The Kier molecular flexibility index (Phi) is 3.48. The van der Waals surface area contributed by atoms with Gasteiger partial charge in [-0.3, -0.25) is 4.79 Å². The molecule has 1 heterocycles. The first-order valence-corrected chi connectivity index (χ1v) is 6.95. The molecule has 0 fully saturated rings. The molecule has 106 valence electrons. The lowest BCUT2D eigenvalue weighted by molar-refractivity contribution is -0.141. The van der Waals surface area contributed by atoms with Crippen LogP contribution in [0, 0.1) is 5.92 Å². The number of aliphatic carboxylic acids is 1. The van der Waals surface area contributed by atoms with Gasteiger partial charge in [0, 0.05) is 17.5 Å².